The molecule has 1 fully saturated rings. The molecule has 180 valence electrons. The molecule has 0 amide bonds. The van der Waals surface area contributed by atoms with Gasteiger partial charge in [0.15, 0.2) is 6.61 Å². The van der Waals surface area contributed by atoms with Crippen LogP contribution in [0.2, 0.25) is 0 Å². The van der Waals surface area contributed by atoms with Crippen molar-refractivity contribution in [2.24, 2.45) is 5.92 Å². The first kappa shape index (κ1) is 24.1. The molecule has 6 nitrogen and oxygen atoms in total. The van der Waals surface area contributed by atoms with Gasteiger partial charge in [0.1, 0.15) is 11.5 Å². The summed E-state index contributed by atoms with van der Waals surface area (Å²) in [6.45, 7) is 1.87. The summed E-state index contributed by atoms with van der Waals surface area (Å²) in [4.78, 5) is 26.2. The third-order valence-electron chi connectivity index (χ3n) is 5.83. The molecule has 0 spiro atoms. The summed E-state index contributed by atoms with van der Waals surface area (Å²) in [5.74, 6) is 0.682. The molecule has 0 saturated carbocycles. The second-order valence-corrected chi connectivity index (χ2v) is 8.39. The third kappa shape index (κ3) is 7.74. The van der Waals surface area contributed by atoms with Crippen LogP contribution in [0.5, 0.6) is 11.5 Å². The molecule has 0 aromatic heterocycles. The van der Waals surface area contributed by atoms with Crippen molar-refractivity contribution in [2.45, 2.75) is 12.8 Å². The molecule has 1 heterocycles. The molecule has 0 atom stereocenters. The molecule has 0 unspecified atom stereocenters. The van der Waals surface area contributed by atoms with E-state index >= 15 is 0 Å². The van der Waals surface area contributed by atoms with E-state index in [0.717, 1.165) is 37.1 Å². The maximum absolute atomic E-state index is 12.2. The van der Waals surface area contributed by atoms with Crippen LogP contribution >= 0.6 is 0 Å². The number of piperidine rings is 1. The van der Waals surface area contributed by atoms with Crippen LogP contribution in [0.15, 0.2) is 97.2 Å². The summed E-state index contributed by atoms with van der Waals surface area (Å²) in [5, 5.41) is 0. The summed E-state index contributed by atoms with van der Waals surface area (Å²) in [6.07, 6.45) is 4.99. The zero-order valence-corrected chi connectivity index (χ0v) is 19.5. The first-order valence-corrected chi connectivity index (χ1v) is 11.8. The smallest absolute Gasteiger partial charge is 0.344 e. The standard InChI is InChI=1S/C29H29NO5/c31-28(35-27-13-11-25(12-14-27)24-7-3-1-4-8-24)17-20-30-18-15-23(16-19-30)21-34-29(32)22-33-26-9-5-2-6-10-26/h1-14,17,20,23H,15-16,18-19,21-22H2. The second kappa shape index (κ2) is 12.4. The van der Waals surface area contributed by atoms with E-state index in [1.807, 2.05) is 60.7 Å². The summed E-state index contributed by atoms with van der Waals surface area (Å²) >= 11 is 0. The van der Waals surface area contributed by atoms with Crippen molar-refractivity contribution in [3.8, 4) is 22.6 Å². The van der Waals surface area contributed by atoms with Crippen LogP contribution in [0.3, 0.4) is 0 Å². The van der Waals surface area contributed by atoms with Crippen LogP contribution in [0.1, 0.15) is 12.8 Å². The zero-order valence-electron chi connectivity index (χ0n) is 19.5. The maximum Gasteiger partial charge on any atom is 0.344 e. The van der Waals surface area contributed by atoms with Gasteiger partial charge >= 0.3 is 11.9 Å². The van der Waals surface area contributed by atoms with Gasteiger partial charge in [-0.15, -0.1) is 0 Å². The molecular formula is C29H29NO5. The van der Waals surface area contributed by atoms with Gasteiger partial charge in [0.05, 0.1) is 6.61 Å². The van der Waals surface area contributed by atoms with E-state index < -0.39 is 5.97 Å². The van der Waals surface area contributed by atoms with E-state index in [-0.39, 0.29) is 12.6 Å². The fourth-order valence-corrected chi connectivity index (χ4v) is 3.84. The number of esters is 2. The highest BCUT2D eigenvalue weighted by Gasteiger charge is 2.19. The Kier molecular flexibility index (Phi) is 8.54. The summed E-state index contributed by atoms with van der Waals surface area (Å²) in [5.41, 5.74) is 2.18. The van der Waals surface area contributed by atoms with Crippen LogP contribution in [-0.2, 0) is 14.3 Å². The lowest BCUT2D eigenvalue weighted by Gasteiger charge is -2.30. The molecule has 0 bridgehead atoms. The van der Waals surface area contributed by atoms with Crippen molar-refractivity contribution in [3.05, 3.63) is 97.2 Å². The summed E-state index contributed by atoms with van der Waals surface area (Å²) in [6, 6.07) is 26.7. The van der Waals surface area contributed by atoms with Crippen LogP contribution in [0.4, 0.5) is 0 Å². The number of ether oxygens (including phenoxy) is 3. The first-order chi connectivity index (χ1) is 17.2. The normalized spacial score (nSPS) is 14.0. The lowest BCUT2D eigenvalue weighted by molar-refractivity contribution is -0.147. The molecular weight excluding hydrogens is 442 g/mol. The molecule has 35 heavy (non-hydrogen) atoms. The lowest BCUT2D eigenvalue weighted by Crippen LogP contribution is -2.32. The fourth-order valence-electron chi connectivity index (χ4n) is 3.84. The van der Waals surface area contributed by atoms with E-state index in [0.29, 0.717) is 24.0 Å². The van der Waals surface area contributed by atoms with Gasteiger partial charge in [0.2, 0.25) is 0 Å². The predicted molar refractivity (Wildman–Crippen MR) is 134 cm³/mol. The Balaban J connectivity index is 1.13. The zero-order chi connectivity index (χ0) is 24.3. The Hall–Kier alpha value is -4.06. The molecule has 0 radical (unpaired) electrons. The summed E-state index contributed by atoms with van der Waals surface area (Å²) < 4.78 is 16.2. The number of nitrogens with zero attached hydrogens (tertiary/aromatic N) is 1. The number of benzene rings is 3. The average Bonchev–Trinajstić information content (AvgIpc) is 2.91. The van der Waals surface area contributed by atoms with Gasteiger partial charge in [-0.05, 0) is 54.2 Å². The molecule has 3 aromatic carbocycles. The monoisotopic (exact) mass is 471 g/mol. The van der Waals surface area contributed by atoms with Crippen molar-refractivity contribution in [1.29, 1.82) is 0 Å². The molecule has 1 aliphatic heterocycles. The van der Waals surface area contributed by atoms with Crippen LogP contribution in [-0.4, -0.2) is 43.1 Å². The van der Waals surface area contributed by atoms with E-state index in [2.05, 4.69) is 4.90 Å². The third-order valence-corrected chi connectivity index (χ3v) is 5.83. The highest BCUT2D eigenvalue weighted by atomic mass is 16.6. The van der Waals surface area contributed by atoms with E-state index in [4.69, 9.17) is 14.2 Å². The van der Waals surface area contributed by atoms with Crippen molar-refractivity contribution in [3.63, 3.8) is 0 Å². The van der Waals surface area contributed by atoms with E-state index in [9.17, 15) is 9.59 Å². The Labute approximate surface area is 205 Å². The van der Waals surface area contributed by atoms with Gasteiger partial charge in [0, 0.05) is 25.4 Å². The predicted octanol–water partition coefficient (Wildman–Crippen LogP) is 5.11. The Bertz CT molecular complexity index is 1100. The first-order valence-electron chi connectivity index (χ1n) is 11.8. The van der Waals surface area contributed by atoms with Crippen molar-refractivity contribution in [1.82, 2.24) is 4.90 Å². The number of carbonyl (C=O) groups is 2. The highest BCUT2D eigenvalue weighted by Crippen LogP contribution is 2.22. The molecule has 1 saturated heterocycles. The van der Waals surface area contributed by atoms with Crippen molar-refractivity contribution < 1.29 is 23.8 Å². The van der Waals surface area contributed by atoms with Gasteiger partial charge in [-0.1, -0.05) is 60.7 Å². The van der Waals surface area contributed by atoms with Gasteiger partial charge in [-0.2, -0.15) is 0 Å². The highest BCUT2D eigenvalue weighted by molar-refractivity contribution is 5.84. The topological polar surface area (TPSA) is 65.1 Å². The Morgan fingerprint density at radius 1 is 0.800 bits per heavy atom. The Morgan fingerprint density at radius 2 is 1.43 bits per heavy atom. The van der Waals surface area contributed by atoms with Crippen LogP contribution < -0.4 is 9.47 Å². The minimum atomic E-state index is -0.410. The molecule has 0 N–H and O–H groups in total. The quantitative estimate of drug-likeness (QED) is 0.246. The number of likely N-dealkylation sites (tertiary alicyclic amines) is 1. The van der Waals surface area contributed by atoms with Gasteiger partial charge in [-0.25, -0.2) is 9.59 Å². The maximum atomic E-state index is 12.2. The fraction of sp³-hybridized carbons (Fsp3) is 0.241. The van der Waals surface area contributed by atoms with Gasteiger partial charge in [0.25, 0.3) is 0 Å². The molecule has 4 rings (SSSR count). The number of carbonyl (C=O) groups excluding carboxylic acids is 2. The molecule has 1 aliphatic rings. The van der Waals surface area contributed by atoms with Crippen LogP contribution in [0, 0.1) is 5.92 Å². The number of rotatable bonds is 9. The largest absolute Gasteiger partial charge is 0.482 e. The van der Waals surface area contributed by atoms with Crippen LogP contribution in [0.25, 0.3) is 11.1 Å². The number of para-hydroxylation sites is 1. The van der Waals surface area contributed by atoms with E-state index in [1.54, 1.807) is 30.5 Å². The number of hydrogen-bond acceptors (Lipinski definition) is 6. The minimum absolute atomic E-state index is 0.0946. The second-order valence-electron chi connectivity index (χ2n) is 8.39. The van der Waals surface area contributed by atoms with Gasteiger partial charge < -0.3 is 19.1 Å². The minimum Gasteiger partial charge on any atom is -0.482 e. The lowest BCUT2D eigenvalue weighted by atomic mass is 9.98. The average molecular weight is 472 g/mol. The molecule has 0 aliphatic carbocycles. The summed E-state index contributed by atoms with van der Waals surface area (Å²) in [7, 11) is 0. The van der Waals surface area contributed by atoms with Crippen molar-refractivity contribution >= 4 is 11.9 Å². The Morgan fingerprint density at radius 3 is 2.11 bits per heavy atom. The van der Waals surface area contributed by atoms with E-state index in [1.165, 1.54) is 6.08 Å². The van der Waals surface area contributed by atoms with Crippen molar-refractivity contribution in [2.75, 3.05) is 26.3 Å². The molecule has 6 heteroatoms. The number of hydrogen-bond donors (Lipinski definition) is 0. The molecule has 3 aromatic rings. The SMILES string of the molecule is O=C(C=CN1CCC(COC(=O)COc2ccccc2)CC1)Oc1ccc(-c2ccccc2)cc1. The van der Waals surface area contributed by atoms with Gasteiger partial charge in [-0.3, -0.25) is 0 Å².